The number of nitrogens with zero attached hydrogens (tertiary/aromatic N) is 1. The molecule has 0 saturated carbocycles. The molecule has 1 aliphatic heterocycles. The van der Waals surface area contributed by atoms with E-state index >= 15 is 0 Å². The van der Waals surface area contributed by atoms with Crippen LogP contribution in [0.15, 0.2) is 53.5 Å². The Morgan fingerprint density at radius 2 is 2.33 bits per heavy atom. The predicted octanol–water partition coefficient (Wildman–Crippen LogP) is 4.37. The SMILES string of the molecule is C=C/C=C/CCN1CCC(c2cccc(Br)c2)C1. The third kappa shape index (κ3) is 3.82. The van der Waals surface area contributed by atoms with Crippen molar-refractivity contribution < 1.29 is 0 Å². The molecule has 1 unspecified atom stereocenters. The van der Waals surface area contributed by atoms with Gasteiger partial charge in [0.2, 0.25) is 0 Å². The van der Waals surface area contributed by atoms with Gasteiger partial charge in [-0.05, 0) is 43.0 Å². The molecule has 2 rings (SSSR count). The van der Waals surface area contributed by atoms with Crippen molar-refractivity contribution in [2.75, 3.05) is 19.6 Å². The monoisotopic (exact) mass is 305 g/mol. The zero-order chi connectivity index (χ0) is 12.8. The second kappa shape index (κ2) is 6.91. The molecule has 0 aromatic heterocycles. The second-order valence-corrected chi connectivity index (χ2v) is 5.71. The van der Waals surface area contributed by atoms with Crippen molar-refractivity contribution in [2.24, 2.45) is 0 Å². The van der Waals surface area contributed by atoms with Crippen molar-refractivity contribution in [1.29, 1.82) is 0 Å². The summed E-state index contributed by atoms with van der Waals surface area (Å²) in [4.78, 5) is 2.55. The molecular formula is C16H20BrN. The van der Waals surface area contributed by atoms with E-state index in [1.807, 2.05) is 12.2 Å². The van der Waals surface area contributed by atoms with Gasteiger partial charge in [-0.15, -0.1) is 0 Å². The first-order valence-electron chi connectivity index (χ1n) is 6.55. The van der Waals surface area contributed by atoms with Crippen LogP contribution in [-0.2, 0) is 0 Å². The summed E-state index contributed by atoms with van der Waals surface area (Å²) >= 11 is 3.55. The van der Waals surface area contributed by atoms with Crippen molar-refractivity contribution in [3.63, 3.8) is 0 Å². The summed E-state index contributed by atoms with van der Waals surface area (Å²) in [5.41, 5.74) is 1.47. The van der Waals surface area contributed by atoms with Crippen LogP contribution in [0, 0.1) is 0 Å². The number of hydrogen-bond acceptors (Lipinski definition) is 1. The molecule has 18 heavy (non-hydrogen) atoms. The molecule has 1 aromatic rings. The van der Waals surface area contributed by atoms with Crippen LogP contribution >= 0.6 is 15.9 Å². The summed E-state index contributed by atoms with van der Waals surface area (Å²) in [7, 11) is 0. The van der Waals surface area contributed by atoms with Crippen molar-refractivity contribution in [3.8, 4) is 0 Å². The molecule has 96 valence electrons. The zero-order valence-corrected chi connectivity index (χ0v) is 12.3. The highest BCUT2D eigenvalue weighted by Crippen LogP contribution is 2.28. The Balaban J connectivity index is 1.84. The van der Waals surface area contributed by atoms with E-state index < -0.39 is 0 Å². The topological polar surface area (TPSA) is 3.24 Å². The van der Waals surface area contributed by atoms with Crippen LogP contribution in [0.1, 0.15) is 24.3 Å². The van der Waals surface area contributed by atoms with Crippen LogP contribution in [0.5, 0.6) is 0 Å². The Morgan fingerprint density at radius 3 is 3.11 bits per heavy atom. The van der Waals surface area contributed by atoms with Gasteiger partial charge < -0.3 is 4.90 Å². The first-order chi connectivity index (χ1) is 8.79. The van der Waals surface area contributed by atoms with Gasteiger partial charge in [0.05, 0.1) is 0 Å². The lowest BCUT2D eigenvalue weighted by atomic mass is 9.99. The lowest BCUT2D eigenvalue weighted by Crippen LogP contribution is -2.21. The van der Waals surface area contributed by atoms with Gasteiger partial charge in [0, 0.05) is 17.6 Å². The molecule has 1 atom stereocenters. The first kappa shape index (κ1) is 13.6. The minimum atomic E-state index is 0.700. The van der Waals surface area contributed by atoms with E-state index in [0.29, 0.717) is 5.92 Å². The highest BCUT2D eigenvalue weighted by Gasteiger charge is 2.22. The van der Waals surface area contributed by atoms with E-state index in [0.717, 1.165) is 13.0 Å². The van der Waals surface area contributed by atoms with Crippen molar-refractivity contribution >= 4 is 15.9 Å². The standard InChI is InChI=1S/C16H20BrN/c1-2-3-4-5-10-18-11-9-15(13-18)14-7-6-8-16(17)12-14/h2-4,6-8,12,15H,1,5,9-11,13H2/b4-3+. The summed E-state index contributed by atoms with van der Waals surface area (Å²) in [5, 5.41) is 0. The average Bonchev–Trinajstić information content (AvgIpc) is 2.83. The third-order valence-corrected chi connectivity index (χ3v) is 3.97. The lowest BCUT2D eigenvalue weighted by Gasteiger charge is -2.15. The van der Waals surface area contributed by atoms with Gasteiger partial charge >= 0.3 is 0 Å². The summed E-state index contributed by atoms with van der Waals surface area (Å²) in [6.07, 6.45) is 8.47. The van der Waals surface area contributed by atoms with Gasteiger partial charge in [-0.2, -0.15) is 0 Å². The quantitative estimate of drug-likeness (QED) is 0.730. The summed E-state index contributed by atoms with van der Waals surface area (Å²) in [6.45, 7) is 7.26. The molecule has 0 N–H and O–H groups in total. The van der Waals surface area contributed by atoms with E-state index in [-0.39, 0.29) is 0 Å². The fourth-order valence-corrected chi connectivity index (χ4v) is 2.93. The van der Waals surface area contributed by atoms with Crippen molar-refractivity contribution in [3.05, 3.63) is 59.1 Å². The highest BCUT2D eigenvalue weighted by atomic mass is 79.9. The average molecular weight is 306 g/mol. The summed E-state index contributed by atoms with van der Waals surface area (Å²) in [6, 6.07) is 8.73. The van der Waals surface area contributed by atoms with Crippen molar-refractivity contribution in [2.45, 2.75) is 18.8 Å². The Kier molecular flexibility index (Phi) is 5.21. The highest BCUT2D eigenvalue weighted by molar-refractivity contribution is 9.10. The molecular weight excluding hydrogens is 286 g/mol. The minimum Gasteiger partial charge on any atom is -0.302 e. The number of halogens is 1. The molecule has 0 aliphatic carbocycles. The number of hydrogen-bond donors (Lipinski definition) is 0. The maximum absolute atomic E-state index is 3.69. The third-order valence-electron chi connectivity index (χ3n) is 3.48. The van der Waals surface area contributed by atoms with Gasteiger partial charge in [0.15, 0.2) is 0 Å². The molecule has 1 aromatic carbocycles. The maximum atomic E-state index is 3.69. The zero-order valence-electron chi connectivity index (χ0n) is 10.7. The van der Waals surface area contributed by atoms with Crippen LogP contribution in [0.3, 0.4) is 0 Å². The normalized spacial score (nSPS) is 20.6. The molecule has 0 spiro atoms. The smallest absolute Gasteiger partial charge is 0.0178 e. The van der Waals surface area contributed by atoms with E-state index in [1.165, 1.54) is 29.5 Å². The molecule has 1 aliphatic rings. The minimum absolute atomic E-state index is 0.700. The molecule has 1 nitrogen and oxygen atoms in total. The molecule has 1 saturated heterocycles. The maximum Gasteiger partial charge on any atom is 0.0178 e. The molecule has 1 fully saturated rings. The van der Waals surface area contributed by atoms with E-state index in [4.69, 9.17) is 0 Å². The lowest BCUT2D eigenvalue weighted by molar-refractivity contribution is 0.341. The Morgan fingerprint density at radius 1 is 1.44 bits per heavy atom. The molecule has 1 heterocycles. The van der Waals surface area contributed by atoms with Crippen LogP contribution in [0.25, 0.3) is 0 Å². The molecule has 2 heteroatoms. The number of benzene rings is 1. The van der Waals surface area contributed by atoms with Crippen LogP contribution in [0.4, 0.5) is 0 Å². The van der Waals surface area contributed by atoms with Gasteiger partial charge in [-0.1, -0.05) is 52.9 Å². The van der Waals surface area contributed by atoms with Crippen molar-refractivity contribution in [1.82, 2.24) is 4.90 Å². The molecule has 0 radical (unpaired) electrons. The predicted molar refractivity (Wildman–Crippen MR) is 81.9 cm³/mol. The largest absolute Gasteiger partial charge is 0.302 e. The van der Waals surface area contributed by atoms with Gasteiger partial charge in [0.25, 0.3) is 0 Å². The fraction of sp³-hybridized carbons (Fsp3) is 0.375. The number of likely N-dealkylation sites (tertiary alicyclic amines) is 1. The summed E-state index contributed by atoms with van der Waals surface area (Å²) in [5.74, 6) is 0.700. The first-order valence-corrected chi connectivity index (χ1v) is 7.34. The van der Waals surface area contributed by atoms with Crippen LogP contribution in [0.2, 0.25) is 0 Å². The van der Waals surface area contributed by atoms with Gasteiger partial charge in [-0.3, -0.25) is 0 Å². The van der Waals surface area contributed by atoms with Gasteiger partial charge in [-0.25, -0.2) is 0 Å². The second-order valence-electron chi connectivity index (χ2n) is 4.79. The number of allylic oxidation sites excluding steroid dienone is 2. The number of rotatable bonds is 5. The summed E-state index contributed by atoms with van der Waals surface area (Å²) < 4.78 is 1.19. The van der Waals surface area contributed by atoms with Gasteiger partial charge in [0.1, 0.15) is 0 Å². The Labute approximate surface area is 118 Å². The fourth-order valence-electron chi connectivity index (χ4n) is 2.52. The van der Waals surface area contributed by atoms with Crippen LogP contribution < -0.4 is 0 Å². The molecule has 0 amide bonds. The van der Waals surface area contributed by atoms with Crippen LogP contribution in [-0.4, -0.2) is 24.5 Å². The molecule has 0 bridgehead atoms. The van der Waals surface area contributed by atoms with E-state index in [1.54, 1.807) is 0 Å². The Bertz CT molecular complexity index is 425. The van der Waals surface area contributed by atoms with E-state index in [9.17, 15) is 0 Å². The Hall–Kier alpha value is -0.860. The van der Waals surface area contributed by atoms with E-state index in [2.05, 4.69) is 57.8 Å².